The first-order valence-electron chi connectivity index (χ1n) is 7.54. The summed E-state index contributed by atoms with van der Waals surface area (Å²) in [6, 6.07) is 5.91. The quantitative estimate of drug-likeness (QED) is 0.608. The Morgan fingerprint density at radius 1 is 1.12 bits per heavy atom. The van der Waals surface area contributed by atoms with Crippen LogP contribution in [0.1, 0.15) is 31.1 Å². The molecule has 0 aliphatic carbocycles. The highest BCUT2D eigenvalue weighted by Gasteiger charge is 2.20. The first-order chi connectivity index (χ1) is 11.7. The van der Waals surface area contributed by atoms with E-state index in [1.54, 1.807) is 38.1 Å². The van der Waals surface area contributed by atoms with Gasteiger partial charge in [-0.15, -0.1) is 0 Å². The van der Waals surface area contributed by atoms with Crippen molar-refractivity contribution in [1.82, 2.24) is 16.0 Å². The number of rotatable bonds is 6. The van der Waals surface area contributed by atoms with Crippen LogP contribution < -0.4 is 16.0 Å². The number of hydrogen-bond acceptors (Lipinski definition) is 5. The van der Waals surface area contributed by atoms with E-state index < -0.39 is 36.5 Å². The molecule has 0 fully saturated rings. The molecule has 0 heterocycles. The standard InChI is InChI=1S/C16H20BrN3O5/c1-9(2)19-16(24)20-14(22)10(3)25-13(21)8-18-15(23)11-6-4-5-7-12(11)17/h4-7,9-10H,8H2,1-3H3,(H,18,23)(H2,19,20,22,24)/t10-/m0/s1. The number of hydrogen-bond donors (Lipinski definition) is 3. The van der Waals surface area contributed by atoms with Gasteiger partial charge in [-0.05, 0) is 48.8 Å². The van der Waals surface area contributed by atoms with Gasteiger partial charge in [0.25, 0.3) is 11.8 Å². The van der Waals surface area contributed by atoms with Gasteiger partial charge in [0.1, 0.15) is 6.54 Å². The summed E-state index contributed by atoms with van der Waals surface area (Å²) in [4.78, 5) is 46.8. The van der Waals surface area contributed by atoms with Gasteiger partial charge in [0.05, 0.1) is 5.56 Å². The smallest absolute Gasteiger partial charge is 0.326 e. The summed E-state index contributed by atoms with van der Waals surface area (Å²) < 4.78 is 5.46. The van der Waals surface area contributed by atoms with Gasteiger partial charge < -0.3 is 15.4 Å². The topological polar surface area (TPSA) is 114 Å². The van der Waals surface area contributed by atoms with Gasteiger partial charge in [0, 0.05) is 10.5 Å². The van der Waals surface area contributed by atoms with Gasteiger partial charge in [-0.25, -0.2) is 4.79 Å². The fraction of sp³-hybridized carbons (Fsp3) is 0.375. The monoisotopic (exact) mass is 413 g/mol. The number of imide groups is 1. The lowest BCUT2D eigenvalue weighted by Gasteiger charge is -2.14. The van der Waals surface area contributed by atoms with Gasteiger partial charge in [-0.3, -0.25) is 19.7 Å². The molecule has 1 aromatic rings. The molecule has 3 N–H and O–H groups in total. The SMILES string of the molecule is CC(C)NC(=O)NC(=O)[C@H](C)OC(=O)CNC(=O)c1ccccc1Br. The Hall–Kier alpha value is -2.42. The van der Waals surface area contributed by atoms with E-state index in [1.807, 2.05) is 0 Å². The van der Waals surface area contributed by atoms with Crippen molar-refractivity contribution in [1.29, 1.82) is 0 Å². The fourth-order valence-electron chi connectivity index (χ4n) is 1.70. The van der Waals surface area contributed by atoms with Crippen LogP contribution in [0.3, 0.4) is 0 Å². The van der Waals surface area contributed by atoms with Gasteiger partial charge in [0.2, 0.25) is 0 Å². The number of ether oxygens (including phenoxy) is 1. The number of nitrogens with one attached hydrogen (secondary N) is 3. The van der Waals surface area contributed by atoms with E-state index in [0.29, 0.717) is 10.0 Å². The van der Waals surface area contributed by atoms with Crippen LogP contribution in [0.2, 0.25) is 0 Å². The molecule has 0 aliphatic heterocycles. The molecule has 8 nitrogen and oxygen atoms in total. The Bertz CT molecular complexity index is 663. The molecule has 0 spiro atoms. The maximum atomic E-state index is 12.0. The average molecular weight is 414 g/mol. The van der Waals surface area contributed by atoms with Crippen molar-refractivity contribution in [3.8, 4) is 0 Å². The van der Waals surface area contributed by atoms with Crippen LogP contribution in [0.5, 0.6) is 0 Å². The predicted molar refractivity (Wildman–Crippen MR) is 93.8 cm³/mol. The molecule has 25 heavy (non-hydrogen) atoms. The summed E-state index contributed by atoms with van der Waals surface area (Å²) in [5.74, 6) is -2.02. The third-order valence-corrected chi connectivity index (χ3v) is 3.54. The Balaban J connectivity index is 2.43. The molecule has 0 unspecified atom stereocenters. The van der Waals surface area contributed by atoms with E-state index in [0.717, 1.165) is 0 Å². The second kappa shape index (κ2) is 9.77. The summed E-state index contributed by atoms with van der Waals surface area (Å²) in [7, 11) is 0. The molecule has 0 aromatic heterocycles. The van der Waals surface area contributed by atoms with Gasteiger partial charge >= 0.3 is 12.0 Å². The van der Waals surface area contributed by atoms with Crippen molar-refractivity contribution < 1.29 is 23.9 Å². The van der Waals surface area contributed by atoms with E-state index >= 15 is 0 Å². The number of benzene rings is 1. The van der Waals surface area contributed by atoms with Gasteiger partial charge in [-0.2, -0.15) is 0 Å². The molecular formula is C16H20BrN3O5. The Labute approximate surface area is 153 Å². The van der Waals surface area contributed by atoms with Crippen LogP contribution in [0, 0.1) is 0 Å². The normalized spacial score (nSPS) is 11.4. The molecule has 1 aromatic carbocycles. The fourth-order valence-corrected chi connectivity index (χ4v) is 2.16. The molecule has 136 valence electrons. The van der Waals surface area contributed by atoms with Crippen LogP contribution in [-0.2, 0) is 14.3 Å². The maximum Gasteiger partial charge on any atom is 0.326 e. The van der Waals surface area contributed by atoms with Crippen LogP contribution in [0.4, 0.5) is 4.79 Å². The zero-order valence-electron chi connectivity index (χ0n) is 14.1. The van der Waals surface area contributed by atoms with Crippen molar-refractivity contribution in [2.75, 3.05) is 6.54 Å². The van der Waals surface area contributed by atoms with E-state index in [4.69, 9.17) is 4.74 Å². The first kappa shape index (κ1) is 20.6. The number of urea groups is 1. The Morgan fingerprint density at radius 3 is 2.36 bits per heavy atom. The molecule has 9 heteroatoms. The molecule has 0 aliphatic rings. The van der Waals surface area contributed by atoms with Crippen LogP contribution in [0.15, 0.2) is 28.7 Å². The average Bonchev–Trinajstić information content (AvgIpc) is 2.52. The number of esters is 1. The third kappa shape index (κ3) is 7.34. The minimum Gasteiger partial charge on any atom is -0.451 e. The van der Waals surface area contributed by atoms with E-state index in [9.17, 15) is 19.2 Å². The maximum absolute atomic E-state index is 12.0. The van der Waals surface area contributed by atoms with E-state index in [1.165, 1.54) is 6.92 Å². The second-order valence-electron chi connectivity index (χ2n) is 5.41. The summed E-state index contributed by atoms with van der Waals surface area (Å²) in [5, 5.41) is 6.92. The summed E-state index contributed by atoms with van der Waals surface area (Å²) >= 11 is 3.24. The summed E-state index contributed by atoms with van der Waals surface area (Å²) in [6.07, 6.45) is -1.18. The lowest BCUT2D eigenvalue weighted by atomic mass is 10.2. The Morgan fingerprint density at radius 2 is 1.76 bits per heavy atom. The molecule has 0 bridgehead atoms. The largest absolute Gasteiger partial charge is 0.451 e. The molecule has 0 radical (unpaired) electrons. The third-order valence-electron chi connectivity index (χ3n) is 2.85. The van der Waals surface area contributed by atoms with Crippen LogP contribution >= 0.6 is 15.9 Å². The van der Waals surface area contributed by atoms with Crippen molar-refractivity contribution in [3.63, 3.8) is 0 Å². The summed E-state index contributed by atoms with van der Waals surface area (Å²) in [6.45, 7) is 4.39. The second-order valence-corrected chi connectivity index (χ2v) is 6.27. The molecule has 1 atom stereocenters. The van der Waals surface area contributed by atoms with Crippen molar-refractivity contribution in [3.05, 3.63) is 34.3 Å². The zero-order chi connectivity index (χ0) is 19.0. The minimum atomic E-state index is -1.18. The van der Waals surface area contributed by atoms with Gasteiger partial charge in [0.15, 0.2) is 6.10 Å². The molecule has 4 amide bonds. The Kier molecular flexibility index (Phi) is 8.06. The van der Waals surface area contributed by atoms with E-state index in [-0.39, 0.29) is 6.04 Å². The lowest BCUT2D eigenvalue weighted by Crippen LogP contribution is -2.47. The lowest BCUT2D eigenvalue weighted by molar-refractivity contribution is -0.153. The predicted octanol–water partition coefficient (Wildman–Crippen LogP) is 1.34. The van der Waals surface area contributed by atoms with Crippen LogP contribution in [-0.4, -0.2) is 42.5 Å². The molecule has 0 saturated heterocycles. The highest BCUT2D eigenvalue weighted by molar-refractivity contribution is 9.10. The van der Waals surface area contributed by atoms with Gasteiger partial charge in [-0.1, -0.05) is 12.1 Å². The minimum absolute atomic E-state index is 0.141. The highest BCUT2D eigenvalue weighted by atomic mass is 79.9. The van der Waals surface area contributed by atoms with E-state index in [2.05, 4.69) is 31.9 Å². The number of amides is 4. The molecule has 0 saturated carbocycles. The highest BCUT2D eigenvalue weighted by Crippen LogP contribution is 2.15. The van der Waals surface area contributed by atoms with Crippen molar-refractivity contribution >= 4 is 39.7 Å². The first-order valence-corrected chi connectivity index (χ1v) is 8.33. The zero-order valence-corrected chi connectivity index (χ0v) is 15.7. The number of halogens is 1. The van der Waals surface area contributed by atoms with Crippen LogP contribution in [0.25, 0.3) is 0 Å². The molecular weight excluding hydrogens is 394 g/mol. The number of carbonyl (C=O) groups excluding carboxylic acids is 4. The van der Waals surface area contributed by atoms with Crippen molar-refractivity contribution in [2.45, 2.75) is 32.9 Å². The summed E-state index contributed by atoms with van der Waals surface area (Å²) in [5.41, 5.74) is 0.367. The number of carbonyl (C=O) groups is 4. The molecule has 1 rings (SSSR count). The van der Waals surface area contributed by atoms with Crippen molar-refractivity contribution in [2.24, 2.45) is 0 Å².